The minimum Gasteiger partial charge on any atom is -0.394 e. The molecule has 0 aromatic rings. The van der Waals surface area contributed by atoms with E-state index in [1.807, 2.05) is 0 Å². The Morgan fingerprint density at radius 2 is 0.563 bits per heavy atom. The standard InChI is InChI=1S/C40H67N5O26/c1-11(51)41-21-28(58)32(17(7-47)63-36(21)62)68-38-23(43-13(3)53)30(60)34(19(9-49)65-38)70-40-25(45-15(5)55)31(61)35(20(10-50)67-40)71-39-24(44-14(4)54)29(59)33(18(8-48)66-39)69-37-22(42-12(2)52)27(57)26(56)16(6-46)64-37/h16-40,46-50,56-62H,6-10H2,1-5H3,(H,41,51)(H,42,52)(H,43,53)(H,44,54)(H,45,55)/t16-,17-,18-,19-,20-,21-,22-,23-,24-,25-,26-,27-,28-,29-,30-,31-,32-,33-,34?,35-,36-,37+,38+,39+,40+/m1/s1. The van der Waals surface area contributed by atoms with Crippen molar-refractivity contribution in [2.75, 3.05) is 33.0 Å². The van der Waals surface area contributed by atoms with Gasteiger partial charge in [-0.15, -0.1) is 0 Å². The Labute approximate surface area is 404 Å². The van der Waals surface area contributed by atoms with Crippen LogP contribution in [-0.4, -0.2) is 277 Å². The molecular formula is C40H67N5O26. The largest absolute Gasteiger partial charge is 0.394 e. The summed E-state index contributed by atoms with van der Waals surface area (Å²) in [6.45, 7) is 0.679. The minimum atomic E-state index is -2.00. The Kier molecular flexibility index (Phi) is 21.1. The third kappa shape index (κ3) is 13.6. The first-order chi connectivity index (χ1) is 33.5. The van der Waals surface area contributed by atoms with Crippen molar-refractivity contribution in [1.29, 1.82) is 0 Å². The van der Waals surface area contributed by atoms with E-state index in [0.29, 0.717) is 0 Å². The highest BCUT2D eigenvalue weighted by molar-refractivity contribution is 5.75. The van der Waals surface area contributed by atoms with E-state index in [4.69, 9.17) is 42.6 Å². The molecule has 5 amide bonds. The number of rotatable bonds is 18. The first-order valence-corrected chi connectivity index (χ1v) is 22.6. The molecule has 0 saturated carbocycles. The van der Waals surface area contributed by atoms with Gasteiger partial charge in [0.15, 0.2) is 31.5 Å². The van der Waals surface area contributed by atoms with E-state index in [9.17, 15) is 85.3 Å². The summed E-state index contributed by atoms with van der Waals surface area (Å²) in [5.41, 5.74) is 0. The van der Waals surface area contributed by atoms with Gasteiger partial charge in [0.2, 0.25) is 29.5 Å². The molecule has 408 valence electrons. The van der Waals surface area contributed by atoms with Crippen LogP contribution in [0.1, 0.15) is 34.6 Å². The minimum absolute atomic E-state index is 0.688. The lowest BCUT2D eigenvalue weighted by molar-refractivity contribution is -0.367. The maximum absolute atomic E-state index is 12.7. The fourth-order valence-corrected chi connectivity index (χ4v) is 9.07. The molecule has 25 atom stereocenters. The Morgan fingerprint density at radius 3 is 0.831 bits per heavy atom. The molecule has 0 aliphatic carbocycles. The SMILES string of the molecule is CC(=O)N[C@@H]1[C@@H](O)[C@H](O[C@@H]2O[C@H](CO)C(O[C@@H]3O[C@H](CO)[C@@H](O[C@@H]4O[C@H](CO)[C@@H](O[C@@H]5O[C@H](CO)[C@@H](O)[C@H](O)[C@H]5NC(C)=O)[C@H](O)[C@H]4NC(C)=O)[C@H](O)[C@H]3NC(C)=O)[C@H](O)[C@H]2NC(C)=O)[C@@H](CO)O[C@H]1O. The van der Waals surface area contributed by atoms with Crippen LogP contribution in [-0.2, 0) is 66.6 Å². The second-order valence-corrected chi connectivity index (χ2v) is 17.6. The molecule has 71 heavy (non-hydrogen) atoms. The molecule has 0 bridgehead atoms. The molecule has 5 aliphatic heterocycles. The van der Waals surface area contributed by atoms with Crippen molar-refractivity contribution in [1.82, 2.24) is 26.6 Å². The van der Waals surface area contributed by atoms with Crippen LogP contribution >= 0.6 is 0 Å². The Balaban J connectivity index is 1.39. The van der Waals surface area contributed by atoms with Crippen molar-refractivity contribution in [3.8, 4) is 0 Å². The average molecular weight is 1030 g/mol. The highest BCUT2D eigenvalue weighted by Crippen LogP contribution is 2.36. The molecule has 0 spiro atoms. The number of carbonyl (C=O) groups excluding carboxylic acids is 5. The summed E-state index contributed by atoms with van der Waals surface area (Å²) < 4.78 is 52.9. The van der Waals surface area contributed by atoms with E-state index < -0.39 is 216 Å². The first kappa shape index (κ1) is 58.4. The maximum atomic E-state index is 12.7. The van der Waals surface area contributed by atoms with Crippen molar-refractivity contribution < 1.29 is 128 Å². The van der Waals surface area contributed by atoms with Gasteiger partial charge >= 0.3 is 0 Å². The molecule has 1 unspecified atom stereocenters. The normalized spacial score (nSPS) is 43.9. The lowest BCUT2D eigenvalue weighted by atomic mass is 9.93. The zero-order valence-corrected chi connectivity index (χ0v) is 39.1. The van der Waals surface area contributed by atoms with Crippen LogP contribution < -0.4 is 26.6 Å². The highest BCUT2D eigenvalue weighted by atomic mass is 16.8. The van der Waals surface area contributed by atoms with E-state index in [1.54, 1.807) is 0 Å². The third-order valence-corrected chi connectivity index (χ3v) is 12.3. The van der Waals surface area contributed by atoms with Gasteiger partial charge in [-0.1, -0.05) is 0 Å². The van der Waals surface area contributed by atoms with Gasteiger partial charge in [-0.25, -0.2) is 0 Å². The number of carbonyl (C=O) groups is 5. The second-order valence-electron chi connectivity index (χ2n) is 17.6. The fraction of sp³-hybridized carbons (Fsp3) is 0.875. The summed E-state index contributed by atoms with van der Waals surface area (Å²) >= 11 is 0. The smallest absolute Gasteiger partial charge is 0.217 e. The van der Waals surface area contributed by atoms with Crippen LogP contribution in [0.4, 0.5) is 0 Å². The number of ether oxygens (including phenoxy) is 9. The van der Waals surface area contributed by atoms with Crippen LogP contribution in [0, 0.1) is 0 Å². The summed E-state index contributed by atoms with van der Waals surface area (Å²) in [5.74, 6) is -3.78. The topological polar surface area (TPSA) is 471 Å². The summed E-state index contributed by atoms with van der Waals surface area (Å²) in [6.07, 6.45) is -35.1. The molecule has 5 heterocycles. The van der Waals surface area contributed by atoms with Gasteiger partial charge in [-0.05, 0) is 0 Å². The van der Waals surface area contributed by atoms with Crippen molar-refractivity contribution in [2.24, 2.45) is 0 Å². The number of hydrogen-bond donors (Lipinski definition) is 17. The number of hydrogen-bond acceptors (Lipinski definition) is 26. The monoisotopic (exact) mass is 1030 g/mol. The Hall–Kier alpha value is -3.49. The van der Waals surface area contributed by atoms with Gasteiger partial charge in [-0.3, -0.25) is 24.0 Å². The Bertz CT molecular complexity index is 1790. The van der Waals surface area contributed by atoms with E-state index in [2.05, 4.69) is 26.6 Å². The van der Waals surface area contributed by atoms with Crippen LogP contribution in [0.25, 0.3) is 0 Å². The second kappa shape index (κ2) is 25.6. The molecule has 0 aromatic heterocycles. The molecule has 0 radical (unpaired) electrons. The molecule has 17 N–H and O–H groups in total. The summed E-state index contributed by atoms with van der Waals surface area (Å²) in [6, 6.07) is -8.07. The number of nitrogens with one attached hydrogen (secondary N) is 5. The predicted molar refractivity (Wildman–Crippen MR) is 225 cm³/mol. The van der Waals surface area contributed by atoms with Gasteiger partial charge in [0.25, 0.3) is 0 Å². The number of aliphatic hydroxyl groups is 12. The average Bonchev–Trinajstić information content (AvgIpc) is 3.30. The van der Waals surface area contributed by atoms with Crippen LogP contribution in [0.3, 0.4) is 0 Å². The van der Waals surface area contributed by atoms with Gasteiger partial charge in [0.1, 0.15) is 122 Å². The van der Waals surface area contributed by atoms with Gasteiger partial charge in [-0.2, -0.15) is 0 Å². The van der Waals surface area contributed by atoms with Gasteiger partial charge in [0, 0.05) is 34.6 Å². The molecular weight excluding hydrogens is 966 g/mol. The van der Waals surface area contributed by atoms with Crippen LogP contribution in [0.2, 0.25) is 0 Å². The third-order valence-electron chi connectivity index (χ3n) is 12.3. The van der Waals surface area contributed by atoms with E-state index >= 15 is 0 Å². The van der Waals surface area contributed by atoms with Crippen molar-refractivity contribution in [3.63, 3.8) is 0 Å². The molecule has 5 saturated heterocycles. The molecule has 0 aromatic carbocycles. The summed E-state index contributed by atoms with van der Waals surface area (Å²) in [7, 11) is 0. The highest BCUT2D eigenvalue weighted by Gasteiger charge is 2.57. The predicted octanol–water partition coefficient (Wildman–Crippen LogP) is -11.2. The number of amides is 5. The molecule has 5 rings (SSSR count). The van der Waals surface area contributed by atoms with Crippen LogP contribution in [0.5, 0.6) is 0 Å². The summed E-state index contributed by atoms with van der Waals surface area (Å²) in [5, 5.41) is 142. The fourth-order valence-electron chi connectivity index (χ4n) is 9.07. The maximum Gasteiger partial charge on any atom is 0.217 e. The van der Waals surface area contributed by atoms with Crippen molar-refractivity contribution in [2.45, 2.75) is 188 Å². The van der Waals surface area contributed by atoms with Crippen molar-refractivity contribution in [3.05, 3.63) is 0 Å². The van der Waals surface area contributed by atoms with Crippen molar-refractivity contribution >= 4 is 29.5 Å². The Morgan fingerprint density at radius 1 is 0.338 bits per heavy atom. The van der Waals surface area contributed by atoms with Crippen LogP contribution in [0.15, 0.2) is 0 Å². The quantitative estimate of drug-likeness (QED) is 0.0606. The molecule has 31 nitrogen and oxygen atoms in total. The summed E-state index contributed by atoms with van der Waals surface area (Å²) in [4.78, 5) is 61.6. The molecule has 31 heteroatoms. The number of aliphatic hydroxyl groups excluding tert-OH is 12. The lowest BCUT2D eigenvalue weighted by Crippen LogP contribution is -2.72. The zero-order chi connectivity index (χ0) is 52.8. The van der Waals surface area contributed by atoms with E-state index in [-0.39, 0.29) is 0 Å². The van der Waals surface area contributed by atoms with E-state index in [0.717, 1.165) is 34.6 Å². The van der Waals surface area contributed by atoms with E-state index in [1.165, 1.54) is 0 Å². The zero-order valence-electron chi connectivity index (χ0n) is 39.1. The molecule has 5 aliphatic rings. The first-order valence-electron chi connectivity index (χ1n) is 22.6. The molecule has 5 fully saturated rings. The van der Waals surface area contributed by atoms with Gasteiger partial charge in [0.05, 0.1) is 33.0 Å². The van der Waals surface area contributed by atoms with Gasteiger partial charge < -0.3 is 130 Å². The lowest BCUT2D eigenvalue weighted by Gasteiger charge is -2.51.